The van der Waals surface area contributed by atoms with Crippen molar-refractivity contribution in [3.05, 3.63) is 22.5 Å². The maximum atomic E-state index is 12.1. The molecule has 0 spiro atoms. The van der Waals surface area contributed by atoms with Crippen LogP contribution >= 0.6 is 11.6 Å². The second-order valence-electron chi connectivity index (χ2n) is 4.77. The van der Waals surface area contributed by atoms with E-state index in [0.29, 0.717) is 30.1 Å². The van der Waals surface area contributed by atoms with Crippen LogP contribution in [0, 0.1) is 6.92 Å². The van der Waals surface area contributed by atoms with E-state index < -0.39 is 12.0 Å². The van der Waals surface area contributed by atoms with Gasteiger partial charge < -0.3 is 10.0 Å². The Kier molecular flexibility index (Phi) is 4.13. The Hall–Kier alpha value is -1.82. The Morgan fingerprint density at radius 3 is 2.75 bits per heavy atom. The van der Waals surface area contributed by atoms with E-state index in [9.17, 15) is 9.59 Å². The number of aliphatic carboxylic acids is 1. The first kappa shape index (κ1) is 14.6. The molecule has 0 bridgehead atoms. The summed E-state index contributed by atoms with van der Waals surface area (Å²) < 4.78 is 1.52. The highest BCUT2D eigenvalue weighted by atomic mass is 35.5. The average molecular weight is 298 g/mol. The van der Waals surface area contributed by atoms with E-state index in [0.717, 1.165) is 5.69 Å². The third-order valence-corrected chi connectivity index (χ3v) is 3.86. The summed E-state index contributed by atoms with van der Waals surface area (Å²) in [5.41, 5.74) is 1.39. The fourth-order valence-corrected chi connectivity index (χ4v) is 2.61. The van der Waals surface area contributed by atoms with Gasteiger partial charge in [-0.3, -0.25) is 9.48 Å². The Morgan fingerprint density at radius 1 is 1.50 bits per heavy atom. The molecule has 1 aromatic heterocycles. The number of hydrogen-bond donors (Lipinski definition) is 1. The van der Waals surface area contributed by atoms with E-state index >= 15 is 0 Å². The van der Waals surface area contributed by atoms with E-state index in [-0.39, 0.29) is 5.91 Å². The molecule has 20 heavy (non-hydrogen) atoms. The van der Waals surface area contributed by atoms with Gasteiger partial charge in [0.15, 0.2) is 0 Å². The number of carbonyl (C=O) groups is 2. The Balaban J connectivity index is 2.15. The molecule has 1 aliphatic rings. The first-order valence-electron chi connectivity index (χ1n) is 6.32. The smallest absolute Gasteiger partial charge is 0.326 e. The molecular weight excluding hydrogens is 282 g/mol. The van der Waals surface area contributed by atoms with Crippen molar-refractivity contribution in [1.82, 2.24) is 14.7 Å². The number of rotatable bonds is 3. The molecule has 0 saturated carbocycles. The number of aromatic nitrogens is 2. The van der Waals surface area contributed by atoms with Crippen LogP contribution in [0.2, 0.25) is 5.15 Å². The summed E-state index contributed by atoms with van der Waals surface area (Å²) in [6.45, 7) is 2.27. The lowest BCUT2D eigenvalue weighted by molar-refractivity contribution is -0.146. The van der Waals surface area contributed by atoms with Crippen molar-refractivity contribution in [2.45, 2.75) is 25.8 Å². The number of carbonyl (C=O) groups excluding carboxylic acids is 1. The standard InChI is InChI=1S/C13H16ClN3O3/c1-8-9(12(14)16(2)15-8)5-6-11(18)17-7-3-4-10(17)13(19)20/h5-6,10H,3-4,7H2,1-2H3,(H,19,20)/t10-/m1/s1. The van der Waals surface area contributed by atoms with Gasteiger partial charge in [-0.15, -0.1) is 0 Å². The van der Waals surface area contributed by atoms with Crippen molar-refractivity contribution in [3.63, 3.8) is 0 Å². The lowest BCUT2D eigenvalue weighted by Gasteiger charge is -2.19. The molecule has 1 aliphatic heterocycles. The summed E-state index contributed by atoms with van der Waals surface area (Å²) in [7, 11) is 1.72. The molecule has 1 aromatic rings. The zero-order chi connectivity index (χ0) is 14.9. The molecule has 0 unspecified atom stereocenters. The van der Waals surface area contributed by atoms with Crippen molar-refractivity contribution >= 4 is 29.6 Å². The van der Waals surface area contributed by atoms with Gasteiger partial charge in [0.25, 0.3) is 0 Å². The number of likely N-dealkylation sites (tertiary alicyclic amines) is 1. The van der Waals surface area contributed by atoms with E-state index in [1.165, 1.54) is 15.7 Å². The lowest BCUT2D eigenvalue weighted by atomic mass is 10.2. The molecule has 2 heterocycles. The summed E-state index contributed by atoms with van der Waals surface area (Å²) in [6.07, 6.45) is 4.16. The molecule has 1 atom stereocenters. The van der Waals surface area contributed by atoms with E-state index in [2.05, 4.69) is 5.10 Å². The SMILES string of the molecule is Cc1nn(C)c(Cl)c1C=CC(=O)N1CCC[C@@H]1C(=O)O. The fraction of sp³-hybridized carbons (Fsp3) is 0.462. The number of halogens is 1. The molecule has 1 saturated heterocycles. The molecule has 0 aromatic carbocycles. The highest BCUT2D eigenvalue weighted by Gasteiger charge is 2.32. The van der Waals surface area contributed by atoms with Gasteiger partial charge in [0.05, 0.1) is 5.69 Å². The highest BCUT2D eigenvalue weighted by Crippen LogP contribution is 2.21. The summed E-state index contributed by atoms with van der Waals surface area (Å²) in [6, 6.07) is -0.724. The largest absolute Gasteiger partial charge is 0.480 e. The second kappa shape index (κ2) is 5.66. The summed E-state index contributed by atoms with van der Waals surface area (Å²) in [5.74, 6) is -1.27. The Labute approximate surface area is 121 Å². The molecular formula is C13H16ClN3O3. The number of carboxylic acid groups (broad SMARTS) is 1. The van der Waals surface area contributed by atoms with Gasteiger partial charge in [0.2, 0.25) is 5.91 Å². The Morgan fingerprint density at radius 2 is 2.20 bits per heavy atom. The Bertz CT molecular complexity index is 580. The van der Waals surface area contributed by atoms with Crippen LogP contribution in [0.25, 0.3) is 6.08 Å². The van der Waals surface area contributed by atoms with Crippen LogP contribution < -0.4 is 0 Å². The van der Waals surface area contributed by atoms with Gasteiger partial charge >= 0.3 is 5.97 Å². The number of amides is 1. The van der Waals surface area contributed by atoms with Crippen molar-refractivity contribution in [2.24, 2.45) is 7.05 Å². The molecule has 0 aliphatic carbocycles. The minimum absolute atomic E-state index is 0.311. The number of nitrogens with zero attached hydrogens (tertiary/aromatic N) is 3. The number of carboxylic acids is 1. The first-order chi connectivity index (χ1) is 9.41. The van der Waals surface area contributed by atoms with E-state index in [4.69, 9.17) is 16.7 Å². The van der Waals surface area contributed by atoms with Crippen molar-refractivity contribution < 1.29 is 14.7 Å². The van der Waals surface area contributed by atoms with Gasteiger partial charge in [0, 0.05) is 25.2 Å². The first-order valence-corrected chi connectivity index (χ1v) is 6.70. The van der Waals surface area contributed by atoms with Crippen LogP contribution in [0.15, 0.2) is 6.08 Å². The van der Waals surface area contributed by atoms with Gasteiger partial charge in [-0.05, 0) is 25.8 Å². The minimum atomic E-state index is -0.958. The maximum Gasteiger partial charge on any atom is 0.326 e. The summed E-state index contributed by atoms with van der Waals surface area (Å²) in [5, 5.41) is 13.6. The van der Waals surface area contributed by atoms with Gasteiger partial charge in [0.1, 0.15) is 11.2 Å². The normalized spacial score (nSPS) is 18.9. The van der Waals surface area contributed by atoms with E-state index in [1.54, 1.807) is 20.0 Å². The topological polar surface area (TPSA) is 75.4 Å². The van der Waals surface area contributed by atoms with Crippen LogP contribution in [0.5, 0.6) is 0 Å². The second-order valence-corrected chi connectivity index (χ2v) is 5.13. The third kappa shape index (κ3) is 2.70. The molecule has 108 valence electrons. The summed E-state index contributed by atoms with van der Waals surface area (Å²) >= 11 is 6.07. The van der Waals surface area contributed by atoms with Crippen molar-refractivity contribution in [2.75, 3.05) is 6.54 Å². The predicted molar refractivity (Wildman–Crippen MR) is 74.4 cm³/mol. The molecule has 0 radical (unpaired) electrons. The zero-order valence-corrected chi connectivity index (χ0v) is 12.1. The molecule has 2 rings (SSSR count). The van der Waals surface area contributed by atoms with Crippen LogP contribution in [-0.2, 0) is 16.6 Å². The van der Waals surface area contributed by atoms with E-state index in [1.807, 2.05) is 0 Å². The molecule has 6 nitrogen and oxygen atoms in total. The van der Waals surface area contributed by atoms with Crippen molar-refractivity contribution in [1.29, 1.82) is 0 Å². The van der Waals surface area contributed by atoms with Crippen LogP contribution in [0.3, 0.4) is 0 Å². The van der Waals surface area contributed by atoms with Crippen LogP contribution in [-0.4, -0.2) is 44.3 Å². The monoisotopic (exact) mass is 297 g/mol. The minimum Gasteiger partial charge on any atom is -0.480 e. The van der Waals surface area contributed by atoms with Gasteiger partial charge in [-0.25, -0.2) is 4.79 Å². The molecule has 1 fully saturated rings. The number of hydrogen-bond acceptors (Lipinski definition) is 3. The van der Waals surface area contributed by atoms with Crippen molar-refractivity contribution in [3.8, 4) is 0 Å². The molecule has 7 heteroatoms. The fourth-order valence-electron chi connectivity index (χ4n) is 2.37. The molecule has 1 N–H and O–H groups in total. The third-order valence-electron chi connectivity index (χ3n) is 3.41. The number of aryl methyl sites for hydroxylation is 2. The van der Waals surface area contributed by atoms with Crippen LogP contribution in [0.4, 0.5) is 0 Å². The lowest BCUT2D eigenvalue weighted by Crippen LogP contribution is -2.39. The van der Waals surface area contributed by atoms with Gasteiger partial charge in [-0.2, -0.15) is 5.10 Å². The van der Waals surface area contributed by atoms with Gasteiger partial charge in [-0.1, -0.05) is 11.6 Å². The van der Waals surface area contributed by atoms with Crippen LogP contribution in [0.1, 0.15) is 24.1 Å². The molecule has 1 amide bonds. The summed E-state index contributed by atoms with van der Waals surface area (Å²) in [4.78, 5) is 24.5. The maximum absolute atomic E-state index is 12.1. The quantitative estimate of drug-likeness (QED) is 0.857. The zero-order valence-electron chi connectivity index (χ0n) is 11.3. The predicted octanol–water partition coefficient (Wildman–Crippen LogP) is 1.47. The average Bonchev–Trinajstić information content (AvgIpc) is 2.95. The highest BCUT2D eigenvalue weighted by molar-refractivity contribution is 6.31.